The molecule has 28 heavy (non-hydrogen) atoms. The van der Waals surface area contributed by atoms with Crippen molar-refractivity contribution < 1.29 is 14.4 Å². The van der Waals surface area contributed by atoms with Crippen LogP contribution < -0.4 is 5.32 Å². The van der Waals surface area contributed by atoms with E-state index in [4.69, 9.17) is 0 Å². The largest absolute Gasteiger partial charge is 0.352 e. The van der Waals surface area contributed by atoms with Crippen molar-refractivity contribution in [3.05, 3.63) is 71.3 Å². The molecule has 0 atom stereocenters. The zero-order chi connectivity index (χ0) is 19.8. The summed E-state index contributed by atoms with van der Waals surface area (Å²) in [5, 5.41) is 2.89. The van der Waals surface area contributed by atoms with Gasteiger partial charge < -0.3 is 10.2 Å². The highest BCUT2D eigenvalue weighted by Crippen LogP contribution is 2.15. The summed E-state index contributed by atoms with van der Waals surface area (Å²) in [6, 6.07) is 15.8. The number of likely N-dealkylation sites (tertiary alicyclic amines) is 1. The summed E-state index contributed by atoms with van der Waals surface area (Å²) < 4.78 is 0. The first-order chi connectivity index (χ1) is 13.7. The van der Waals surface area contributed by atoms with Crippen molar-refractivity contribution in [1.29, 1.82) is 0 Å². The molecule has 5 nitrogen and oxygen atoms in total. The van der Waals surface area contributed by atoms with E-state index >= 15 is 0 Å². The average molecular weight is 378 g/mol. The molecular weight excluding hydrogens is 352 g/mol. The maximum absolute atomic E-state index is 12.8. The number of nitrogens with zero attached hydrogens (tertiary/aromatic N) is 1. The van der Waals surface area contributed by atoms with Crippen LogP contribution in [0, 0.1) is 0 Å². The number of nitrogens with one attached hydrogen (secondary N) is 1. The maximum Gasteiger partial charge on any atom is 0.252 e. The summed E-state index contributed by atoms with van der Waals surface area (Å²) in [7, 11) is 0. The van der Waals surface area contributed by atoms with E-state index in [9.17, 15) is 14.4 Å². The zero-order valence-corrected chi connectivity index (χ0v) is 16.0. The molecule has 0 unspecified atom stereocenters. The van der Waals surface area contributed by atoms with E-state index in [1.54, 1.807) is 48.5 Å². The number of carbonyl (C=O) groups is 3. The molecule has 146 valence electrons. The van der Waals surface area contributed by atoms with Crippen LogP contribution in [0.25, 0.3) is 0 Å². The Kier molecular flexibility index (Phi) is 6.95. The molecule has 1 fully saturated rings. The smallest absolute Gasteiger partial charge is 0.252 e. The molecule has 1 N–H and O–H groups in total. The second kappa shape index (κ2) is 9.83. The van der Waals surface area contributed by atoms with E-state index in [0.717, 1.165) is 25.8 Å². The first kappa shape index (κ1) is 19.8. The van der Waals surface area contributed by atoms with Gasteiger partial charge >= 0.3 is 0 Å². The topological polar surface area (TPSA) is 66.5 Å². The Morgan fingerprint density at radius 1 is 0.893 bits per heavy atom. The van der Waals surface area contributed by atoms with E-state index in [-0.39, 0.29) is 17.6 Å². The quantitative estimate of drug-likeness (QED) is 0.593. The minimum absolute atomic E-state index is 0.165. The summed E-state index contributed by atoms with van der Waals surface area (Å²) in [4.78, 5) is 39.3. The predicted octanol–water partition coefficient (Wildman–Crippen LogP) is 3.44. The van der Waals surface area contributed by atoms with E-state index < -0.39 is 0 Å². The highest BCUT2D eigenvalue weighted by Gasteiger charge is 2.18. The van der Waals surface area contributed by atoms with Gasteiger partial charge in [0.15, 0.2) is 5.78 Å². The highest BCUT2D eigenvalue weighted by molar-refractivity contribution is 6.15. The standard InChI is InChI=1S/C23H26N2O3/c26-21-14-5-2-8-16-25(21)17-9-15-24-23(28)20-13-7-6-12-19(20)22(27)18-10-3-1-4-11-18/h1,3-4,6-7,10-13H,2,5,8-9,14-17H2,(H,24,28). The fraction of sp³-hybridized carbons (Fsp3) is 0.348. The van der Waals surface area contributed by atoms with Crippen LogP contribution in [0.1, 0.15) is 58.4 Å². The average Bonchev–Trinajstić information content (AvgIpc) is 2.95. The molecule has 0 saturated carbocycles. The summed E-state index contributed by atoms with van der Waals surface area (Å²) in [5.41, 5.74) is 1.33. The number of benzene rings is 2. The molecule has 0 bridgehead atoms. The van der Waals surface area contributed by atoms with Gasteiger partial charge in [0.2, 0.25) is 5.91 Å². The minimum atomic E-state index is -0.262. The first-order valence-electron chi connectivity index (χ1n) is 9.91. The Hall–Kier alpha value is -2.95. The van der Waals surface area contributed by atoms with Crippen molar-refractivity contribution in [2.24, 2.45) is 0 Å². The molecule has 0 radical (unpaired) electrons. The molecule has 0 spiro atoms. The zero-order valence-electron chi connectivity index (χ0n) is 16.0. The van der Waals surface area contributed by atoms with E-state index in [1.165, 1.54) is 0 Å². The molecular formula is C23H26N2O3. The molecule has 0 aliphatic carbocycles. The monoisotopic (exact) mass is 378 g/mol. The molecule has 1 aliphatic heterocycles. The number of hydrogen-bond acceptors (Lipinski definition) is 3. The van der Waals surface area contributed by atoms with Gasteiger partial charge in [-0.05, 0) is 25.3 Å². The third kappa shape index (κ3) is 5.06. The van der Waals surface area contributed by atoms with Gasteiger partial charge in [-0.25, -0.2) is 0 Å². The van der Waals surface area contributed by atoms with Crippen molar-refractivity contribution >= 4 is 17.6 Å². The van der Waals surface area contributed by atoms with Crippen LogP contribution in [-0.4, -0.2) is 42.1 Å². The van der Waals surface area contributed by atoms with Crippen LogP contribution in [0.3, 0.4) is 0 Å². The molecule has 2 aromatic carbocycles. The highest BCUT2D eigenvalue weighted by atomic mass is 16.2. The normalized spacial score (nSPS) is 14.4. The van der Waals surface area contributed by atoms with E-state index in [2.05, 4.69) is 5.32 Å². The third-order valence-corrected chi connectivity index (χ3v) is 5.01. The van der Waals surface area contributed by atoms with Crippen LogP contribution in [0.2, 0.25) is 0 Å². The molecule has 1 heterocycles. The van der Waals surface area contributed by atoms with Crippen molar-refractivity contribution in [2.45, 2.75) is 32.1 Å². The lowest BCUT2D eigenvalue weighted by Crippen LogP contribution is -2.34. The number of amides is 2. The number of hydrogen-bond donors (Lipinski definition) is 1. The minimum Gasteiger partial charge on any atom is -0.352 e. The van der Waals surface area contributed by atoms with Crippen molar-refractivity contribution in [1.82, 2.24) is 10.2 Å². The Balaban J connectivity index is 1.57. The Labute approximate surface area is 165 Å². The van der Waals surface area contributed by atoms with Crippen LogP contribution in [0.15, 0.2) is 54.6 Å². The fourth-order valence-electron chi connectivity index (χ4n) is 3.47. The van der Waals surface area contributed by atoms with Crippen molar-refractivity contribution in [2.75, 3.05) is 19.6 Å². The lowest BCUT2D eigenvalue weighted by Gasteiger charge is -2.20. The maximum atomic E-state index is 12.8. The third-order valence-electron chi connectivity index (χ3n) is 5.01. The second-order valence-corrected chi connectivity index (χ2v) is 7.04. The molecule has 1 saturated heterocycles. The van der Waals surface area contributed by atoms with E-state index in [1.807, 2.05) is 11.0 Å². The van der Waals surface area contributed by atoms with Gasteiger partial charge in [0.25, 0.3) is 5.91 Å². The molecule has 2 amide bonds. The van der Waals surface area contributed by atoms with E-state index in [0.29, 0.717) is 42.6 Å². The number of rotatable bonds is 7. The van der Waals surface area contributed by atoms with Crippen LogP contribution in [0.5, 0.6) is 0 Å². The van der Waals surface area contributed by atoms with Gasteiger partial charge in [-0.1, -0.05) is 55.0 Å². The van der Waals surface area contributed by atoms with Crippen LogP contribution in [0.4, 0.5) is 0 Å². The summed E-state index contributed by atoms with van der Waals surface area (Å²) in [6.07, 6.45) is 4.45. The molecule has 0 aromatic heterocycles. The van der Waals surface area contributed by atoms with Crippen LogP contribution in [-0.2, 0) is 4.79 Å². The van der Waals surface area contributed by atoms with Gasteiger partial charge in [-0.2, -0.15) is 0 Å². The van der Waals surface area contributed by atoms with Crippen molar-refractivity contribution in [3.63, 3.8) is 0 Å². The Morgan fingerprint density at radius 3 is 2.39 bits per heavy atom. The Morgan fingerprint density at radius 2 is 1.61 bits per heavy atom. The van der Waals surface area contributed by atoms with Gasteiger partial charge in [-0.3, -0.25) is 14.4 Å². The second-order valence-electron chi connectivity index (χ2n) is 7.04. The van der Waals surface area contributed by atoms with Gasteiger partial charge in [-0.15, -0.1) is 0 Å². The summed E-state index contributed by atoms with van der Waals surface area (Å²) >= 11 is 0. The van der Waals surface area contributed by atoms with Gasteiger partial charge in [0.05, 0.1) is 5.56 Å². The fourth-order valence-corrected chi connectivity index (χ4v) is 3.47. The predicted molar refractivity (Wildman–Crippen MR) is 108 cm³/mol. The molecule has 1 aliphatic rings. The first-order valence-corrected chi connectivity index (χ1v) is 9.91. The van der Waals surface area contributed by atoms with Gasteiger partial charge in [0.1, 0.15) is 0 Å². The SMILES string of the molecule is O=C(NCCCN1CCCCCC1=O)c1ccccc1C(=O)c1ccccc1. The summed E-state index contributed by atoms with van der Waals surface area (Å²) in [5.74, 6) is -0.216. The number of carbonyl (C=O) groups excluding carboxylic acids is 3. The summed E-state index contributed by atoms with van der Waals surface area (Å²) in [6.45, 7) is 1.93. The molecule has 5 heteroatoms. The molecule has 3 rings (SSSR count). The van der Waals surface area contributed by atoms with Gasteiger partial charge in [0, 0.05) is 37.2 Å². The number of ketones is 1. The van der Waals surface area contributed by atoms with Crippen molar-refractivity contribution in [3.8, 4) is 0 Å². The molecule has 2 aromatic rings. The lowest BCUT2D eigenvalue weighted by atomic mass is 9.98. The Bertz CT molecular complexity index is 833. The van der Waals surface area contributed by atoms with Crippen LogP contribution >= 0.6 is 0 Å². The lowest BCUT2D eigenvalue weighted by molar-refractivity contribution is -0.130.